The molecule has 0 fully saturated rings. The first kappa shape index (κ1) is 24.3. The summed E-state index contributed by atoms with van der Waals surface area (Å²) in [6.07, 6.45) is 11.0. The zero-order chi connectivity index (χ0) is 17.6. The molecular formula is C20H32Cl2OSi2Zr. The topological polar surface area (TPSA) is 20.2 Å². The average molecular weight is 507 g/mol. The van der Waals surface area contributed by atoms with Gasteiger partial charge < -0.3 is 0 Å². The molecule has 0 radical (unpaired) electrons. The third-order valence-corrected chi connectivity index (χ3v) is 27.1. The van der Waals surface area contributed by atoms with Gasteiger partial charge in [0, 0.05) is 0 Å². The van der Waals surface area contributed by atoms with Crippen LogP contribution in [0.25, 0.3) is 6.08 Å². The number of fused-ring (bicyclic) bond motifs is 1. The maximum Gasteiger partial charge on any atom is -0.147 e. The van der Waals surface area contributed by atoms with Crippen LogP contribution in [0.1, 0.15) is 21.2 Å². The van der Waals surface area contributed by atoms with E-state index >= 15 is 0 Å². The molecule has 6 heteroatoms. The van der Waals surface area contributed by atoms with Crippen molar-refractivity contribution in [1.82, 2.24) is 0 Å². The van der Waals surface area contributed by atoms with E-state index in [0.29, 0.717) is 10.2 Å². The second-order valence-electron chi connectivity index (χ2n) is 9.17. The Balaban J connectivity index is 0.00000169. The Bertz CT molecular complexity index is 834. The Morgan fingerprint density at radius 3 is 2.50 bits per heavy atom. The van der Waals surface area contributed by atoms with Gasteiger partial charge in [0.25, 0.3) is 0 Å². The molecule has 0 bridgehead atoms. The van der Waals surface area contributed by atoms with Crippen LogP contribution in [0.2, 0.25) is 28.4 Å². The van der Waals surface area contributed by atoms with Crippen molar-refractivity contribution in [3.05, 3.63) is 62.1 Å². The van der Waals surface area contributed by atoms with Gasteiger partial charge in [0.15, 0.2) is 0 Å². The minimum atomic E-state index is -3.05. The first-order chi connectivity index (χ1) is 11.1. The molecule has 0 saturated carbocycles. The summed E-state index contributed by atoms with van der Waals surface area (Å²) in [5.41, 5.74) is 2.96. The maximum atomic E-state index is 9.41. The van der Waals surface area contributed by atoms with Gasteiger partial charge in [-0.1, -0.05) is 0 Å². The molecular weight excluding hydrogens is 475 g/mol. The molecule has 0 amide bonds. The van der Waals surface area contributed by atoms with Gasteiger partial charge in [-0.25, -0.2) is 0 Å². The Labute approximate surface area is 174 Å². The van der Waals surface area contributed by atoms with Gasteiger partial charge in [0.2, 0.25) is 0 Å². The number of aliphatic hydroxyl groups is 1. The average Bonchev–Trinajstić information content (AvgIpc) is 3.15. The number of halogens is 2. The summed E-state index contributed by atoms with van der Waals surface area (Å²) in [7, 11) is -1.48. The van der Waals surface area contributed by atoms with E-state index < -0.39 is 25.5 Å². The van der Waals surface area contributed by atoms with Crippen molar-refractivity contribution in [2.45, 2.75) is 38.4 Å². The van der Waals surface area contributed by atoms with Crippen LogP contribution >= 0.6 is 24.8 Å². The molecule has 1 nitrogen and oxygen atoms in total. The summed E-state index contributed by atoms with van der Waals surface area (Å²) in [4.78, 5) is 0. The number of allylic oxidation sites excluding steroid dienone is 5. The molecule has 0 aromatic heterocycles. The molecule has 1 aromatic carbocycles. The fourth-order valence-corrected chi connectivity index (χ4v) is 19.5. The van der Waals surface area contributed by atoms with Gasteiger partial charge in [0.1, 0.15) is 0 Å². The second kappa shape index (κ2) is 8.35. The number of hydrogen-bond acceptors (Lipinski definition) is 1. The summed E-state index contributed by atoms with van der Waals surface area (Å²) in [5, 5.41) is 11.0. The fraction of sp³-hybridized carbons (Fsp3) is 0.400. The molecule has 2 aliphatic rings. The van der Waals surface area contributed by atoms with E-state index in [1.165, 1.54) is 5.56 Å². The maximum absolute atomic E-state index is 9.41. The Kier molecular flexibility index (Phi) is 7.81. The summed E-state index contributed by atoms with van der Waals surface area (Å²) in [5.74, 6) is 0. The molecule has 1 unspecified atom stereocenters. The van der Waals surface area contributed by atoms with Gasteiger partial charge in [-0.3, -0.25) is 0 Å². The Hall–Kier alpha value is 0.297. The van der Waals surface area contributed by atoms with E-state index in [2.05, 4.69) is 77.8 Å². The Morgan fingerprint density at radius 2 is 1.85 bits per heavy atom. The quantitative estimate of drug-likeness (QED) is 0.531. The number of aliphatic hydroxyl groups excluding tert-OH is 1. The predicted molar refractivity (Wildman–Crippen MR) is 123 cm³/mol. The van der Waals surface area contributed by atoms with E-state index in [1.54, 1.807) is 14.0 Å². The van der Waals surface area contributed by atoms with Crippen molar-refractivity contribution < 1.29 is 22.5 Å². The molecule has 1 aromatic rings. The zero-order valence-corrected chi connectivity index (χ0v) is 22.8. The molecule has 3 rings (SSSR count). The first-order valence-corrected chi connectivity index (χ1v) is 25.7. The molecule has 2 aliphatic carbocycles. The zero-order valence-electron chi connectivity index (χ0n) is 16.3. The molecule has 144 valence electrons. The first-order valence-electron chi connectivity index (χ1n) is 9.01. The van der Waals surface area contributed by atoms with E-state index in [0.717, 1.165) is 12.5 Å². The largest absolute Gasteiger partial charge is 0.147 e. The molecule has 0 aliphatic heterocycles. The van der Waals surface area contributed by atoms with Crippen molar-refractivity contribution >= 4 is 45.8 Å². The van der Waals surface area contributed by atoms with Crippen molar-refractivity contribution in [2.24, 2.45) is 0 Å². The summed E-state index contributed by atoms with van der Waals surface area (Å²) in [6.45, 7) is 7.46. The third-order valence-electron chi connectivity index (χ3n) is 6.24. The van der Waals surface area contributed by atoms with Crippen LogP contribution in [0, 0.1) is 0 Å². The van der Waals surface area contributed by atoms with Crippen LogP contribution in [-0.4, -0.2) is 26.7 Å². The molecule has 0 saturated heterocycles. The predicted octanol–water partition coefficient (Wildman–Crippen LogP) is 5.39. The van der Waals surface area contributed by atoms with Gasteiger partial charge in [-0.05, 0) is 0 Å². The minimum absolute atomic E-state index is 0. The van der Waals surface area contributed by atoms with Crippen LogP contribution in [0.4, 0.5) is 0 Å². The molecule has 1 N–H and O–H groups in total. The van der Waals surface area contributed by atoms with Crippen LogP contribution in [-0.2, 0) is 17.4 Å². The van der Waals surface area contributed by atoms with Crippen molar-refractivity contribution in [2.75, 3.05) is 6.61 Å². The molecule has 0 spiro atoms. The second-order valence-corrected chi connectivity index (χ2v) is 43.8. The van der Waals surface area contributed by atoms with E-state index in [4.69, 9.17) is 0 Å². The summed E-state index contributed by atoms with van der Waals surface area (Å²) in [6, 6.07) is 9.90. The molecule has 1 atom stereocenters. The Morgan fingerprint density at radius 1 is 1.19 bits per heavy atom. The standard InChI is InChI=1S/C9H15OSi.C9H7.2CH3.2ClH.H2Si.Zr/c1-11(2,8-7-10)9-5-3-4-6-9;1-2-5-9-7-3-6-8(9)4-1;;;;;;/h5-6,10H,3,7-8H2,1-2H3;1-7H;2*1H3;2*1H;1H2;. The minimum Gasteiger partial charge on any atom is -0.147 e. The number of benzene rings is 1. The van der Waals surface area contributed by atoms with Crippen LogP contribution in [0.5, 0.6) is 0 Å². The van der Waals surface area contributed by atoms with E-state index in [9.17, 15) is 5.11 Å². The number of rotatable bonds is 5. The van der Waals surface area contributed by atoms with Gasteiger partial charge in [-0.2, -0.15) is 0 Å². The summed E-state index contributed by atoms with van der Waals surface area (Å²) >= 11 is -3.05. The smallest absolute Gasteiger partial charge is 0.147 e. The van der Waals surface area contributed by atoms with Crippen molar-refractivity contribution in [1.29, 1.82) is 0 Å². The monoisotopic (exact) mass is 504 g/mol. The van der Waals surface area contributed by atoms with Crippen LogP contribution < -0.4 is 0 Å². The van der Waals surface area contributed by atoms with Crippen LogP contribution in [0.3, 0.4) is 0 Å². The van der Waals surface area contributed by atoms with Gasteiger partial charge in [0.05, 0.1) is 0 Å². The van der Waals surface area contributed by atoms with Gasteiger partial charge >= 0.3 is 151 Å². The van der Waals surface area contributed by atoms with Gasteiger partial charge in [-0.15, -0.1) is 24.8 Å². The summed E-state index contributed by atoms with van der Waals surface area (Å²) < 4.78 is 7.62. The number of hydrogen-bond donors (Lipinski definition) is 1. The third kappa shape index (κ3) is 4.31. The van der Waals surface area contributed by atoms with Crippen LogP contribution in [0.15, 0.2) is 51.0 Å². The fourth-order valence-electron chi connectivity index (χ4n) is 4.25. The molecule has 26 heavy (non-hydrogen) atoms. The van der Waals surface area contributed by atoms with E-state index in [-0.39, 0.29) is 24.8 Å². The normalized spacial score (nSPS) is 19.2. The van der Waals surface area contributed by atoms with Crippen molar-refractivity contribution in [3.8, 4) is 0 Å². The molecule has 0 heterocycles. The van der Waals surface area contributed by atoms with Crippen molar-refractivity contribution in [3.63, 3.8) is 0 Å². The van der Waals surface area contributed by atoms with E-state index in [1.807, 2.05) is 0 Å². The SMILES string of the molecule is C[Si](C)(CCO)C1=CC[C]([Zr]([CH3])([CH3])(=[SiH2])[CH]2C=Cc3ccccc32)=C1.Cl.Cl.